The maximum absolute atomic E-state index is 12.4. The maximum atomic E-state index is 12.4. The van der Waals surface area contributed by atoms with Gasteiger partial charge in [0.15, 0.2) is 11.5 Å². The van der Waals surface area contributed by atoms with E-state index >= 15 is 0 Å². The number of carbonyl (C=O) groups excluding carboxylic acids is 1. The molecule has 1 heterocycles. The van der Waals surface area contributed by atoms with E-state index in [9.17, 15) is 13.6 Å². The maximum Gasteiger partial charge on any atom is 0.387 e. The van der Waals surface area contributed by atoms with Crippen LogP contribution in [0.25, 0.3) is 0 Å². The minimum absolute atomic E-state index is 0.0332. The fourth-order valence-electron chi connectivity index (χ4n) is 3.54. The number of anilines is 1. The molecule has 2 aromatic rings. The third-order valence-corrected chi connectivity index (χ3v) is 5.13. The van der Waals surface area contributed by atoms with Gasteiger partial charge in [-0.15, -0.1) is 0 Å². The molecule has 3 rings (SSSR count). The number of rotatable bonds is 8. The fourth-order valence-corrected chi connectivity index (χ4v) is 3.54. The summed E-state index contributed by atoms with van der Waals surface area (Å²) in [7, 11) is 1.38. The SMILES string of the molecule is COc1cc(CNC(=O)CN2CCN(c3ccccc3C)CC2)ccc1OC(F)F. The lowest BCUT2D eigenvalue weighted by molar-refractivity contribution is -0.122. The summed E-state index contributed by atoms with van der Waals surface area (Å²) >= 11 is 0. The summed E-state index contributed by atoms with van der Waals surface area (Å²) in [5, 5.41) is 2.87. The number of hydrogen-bond donors (Lipinski definition) is 1. The van der Waals surface area contributed by atoms with Crippen molar-refractivity contribution >= 4 is 11.6 Å². The number of nitrogens with one attached hydrogen (secondary N) is 1. The first-order valence-corrected chi connectivity index (χ1v) is 9.87. The van der Waals surface area contributed by atoms with E-state index in [0.717, 1.165) is 31.7 Å². The molecule has 1 amide bonds. The standard InChI is InChI=1S/C22H27F2N3O3/c1-16-5-3-4-6-18(16)27-11-9-26(10-12-27)15-21(28)25-14-17-7-8-19(30-22(23)24)20(13-17)29-2/h3-8,13,22H,9-12,14-15H2,1-2H3,(H,25,28). The lowest BCUT2D eigenvalue weighted by Gasteiger charge is -2.36. The van der Waals surface area contributed by atoms with E-state index in [1.165, 1.54) is 24.4 Å². The van der Waals surface area contributed by atoms with Gasteiger partial charge in [0.1, 0.15) is 0 Å². The predicted molar refractivity (Wildman–Crippen MR) is 111 cm³/mol. The first-order valence-electron chi connectivity index (χ1n) is 9.87. The fraction of sp³-hybridized carbons (Fsp3) is 0.409. The van der Waals surface area contributed by atoms with Gasteiger partial charge < -0.3 is 19.7 Å². The zero-order valence-electron chi connectivity index (χ0n) is 17.2. The number of carbonyl (C=O) groups is 1. The van der Waals surface area contributed by atoms with E-state index < -0.39 is 6.61 Å². The molecule has 1 aliphatic heterocycles. The number of para-hydroxylation sites is 1. The lowest BCUT2D eigenvalue weighted by Crippen LogP contribution is -2.49. The molecular formula is C22H27F2N3O3. The van der Waals surface area contributed by atoms with Gasteiger partial charge >= 0.3 is 6.61 Å². The van der Waals surface area contributed by atoms with Crippen LogP contribution in [0, 0.1) is 6.92 Å². The predicted octanol–water partition coefficient (Wildman–Crippen LogP) is 3.04. The number of nitrogens with zero attached hydrogens (tertiary/aromatic N) is 2. The Morgan fingerprint density at radius 2 is 1.83 bits per heavy atom. The molecule has 30 heavy (non-hydrogen) atoms. The Balaban J connectivity index is 1.46. The number of benzene rings is 2. The zero-order valence-corrected chi connectivity index (χ0v) is 17.2. The largest absolute Gasteiger partial charge is 0.493 e. The molecule has 1 saturated heterocycles. The van der Waals surface area contributed by atoms with Gasteiger partial charge in [-0.1, -0.05) is 24.3 Å². The van der Waals surface area contributed by atoms with Crippen LogP contribution >= 0.6 is 0 Å². The van der Waals surface area contributed by atoms with Gasteiger partial charge in [0.2, 0.25) is 5.91 Å². The number of piperazine rings is 1. The second kappa shape index (κ2) is 10.2. The van der Waals surface area contributed by atoms with E-state index in [1.807, 2.05) is 12.1 Å². The number of methoxy groups -OCH3 is 1. The zero-order chi connectivity index (χ0) is 21.5. The van der Waals surface area contributed by atoms with Crippen LogP contribution in [0.4, 0.5) is 14.5 Å². The molecule has 0 unspecified atom stereocenters. The van der Waals surface area contributed by atoms with E-state index in [2.05, 4.69) is 38.9 Å². The third kappa shape index (κ3) is 5.82. The Bertz CT molecular complexity index is 855. The molecule has 6 nitrogen and oxygen atoms in total. The summed E-state index contributed by atoms with van der Waals surface area (Å²) < 4.78 is 34.3. The Kier molecular flexibility index (Phi) is 7.46. The Morgan fingerprint density at radius 1 is 1.10 bits per heavy atom. The van der Waals surface area contributed by atoms with Gasteiger partial charge in [0, 0.05) is 38.4 Å². The molecule has 8 heteroatoms. The van der Waals surface area contributed by atoms with Crippen molar-refractivity contribution in [2.45, 2.75) is 20.1 Å². The summed E-state index contributed by atoms with van der Waals surface area (Å²) in [5.74, 6) is 0.0923. The molecule has 1 fully saturated rings. The van der Waals surface area contributed by atoms with Crippen molar-refractivity contribution in [2.75, 3.05) is 44.7 Å². The molecule has 0 atom stereocenters. The van der Waals surface area contributed by atoms with Gasteiger partial charge in [-0.3, -0.25) is 9.69 Å². The van der Waals surface area contributed by atoms with Crippen molar-refractivity contribution in [1.82, 2.24) is 10.2 Å². The van der Waals surface area contributed by atoms with Crippen LogP contribution in [0.15, 0.2) is 42.5 Å². The summed E-state index contributed by atoms with van der Waals surface area (Å²) in [6.45, 7) is 3.18. The van der Waals surface area contributed by atoms with E-state index in [-0.39, 0.29) is 24.0 Å². The van der Waals surface area contributed by atoms with Crippen molar-refractivity contribution < 1.29 is 23.0 Å². The lowest BCUT2D eigenvalue weighted by atomic mass is 10.1. The number of halogens is 2. The van der Waals surface area contributed by atoms with Crippen molar-refractivity contribution in [3.05, 3.63) is 53.6 Å². The van der Waals surface area contributed by atoms with Crippen LogP contribution in [0.5, 0.6) is 11.5 Å². The minimum Gasteiger partial charge on any atom is -0.493 e. The average molecular weight is 419 g/mol. The first-order chi connectivity index (χ1) is 14.5. The number of aryl methyl sites for hydroxylation is 1. The summed E-state index contributed by atoms with van der Waals surface area (Å²) in [6, 6.07) is 12.9. The van der Waals surface area contributed by atoms with Gasteiger partial charge in [0.25, 0.3) is 0 Å². The highest BCUT2D eigenvalue weighted by Gasteiger charge is 2.20. The molecule has 2 aromatic carbocycles. The summed E-state index contributed by atoms with van der Waals surface area (Å²) in [4.78, 5) is 16.8. The van der Waals surface area contributed by atoms with Gasteiger partial charge in [-0.2, -0.15) is 8.78 Å². The molecular weight excluding hydrogens is 392 g/mol. The second-order valence-corrected chi connectivity index (χ2v) is 7.19. The van der Waals surface area contributed by atoms with Crippen LogP contribution < -0.4 is 19.7 Å². The molecule has 162 valence electrons. The topological polar surface area (TPSA) is 54.0 Å². The average Bonchev–Trinajstić information content (AvgIpc) is 2.73. The van der Waals surface area contributed by atoms with E-state index in [4.69, 9.17) is 4.74 Å². The highest BCUT2D eigenvalue weighted by atomic mass is 19.3. The number of amides is 1. The first kappa shape index (κ1) is 21.8. The second-order valence-electron chi connectivity index (χ2n) is 7.19. The monoisotopic (exact) mass is 419 g/mol. The number of alkyl halides is 2. The van der Waals surface area contributed by atoms with E-state index in [0.29, 0.717) is 6.54 Å². The summed E-state index contributed by atoms with van der Waals surface area (Å²) in [5.41, 5.74) is 3.24. The highest BCUT2D eigenvalue weighted by Crippen LogP contribution is 2.29. The van der Waals surface area contributed by atoms with Crippen LogP contribution in [-0.2, 0) is 11.3 Å². The van der Waals surface area contributed by atoms with Gasteiger partial charge in [-0.25, -0.2) is 0 Å². The van der Waals surface area contributed by atoms with Crippen molar-refractivity contribution in [3.8, 4) is 11.5 Å². The molecule has 0 aromatic heterocycles. The van der Waals surface area contributed by atoms with Crippen LogP contribution in [0.1, 0.15) is 11.1 Å². The molecule has 0 spiro atoms. The van der Waals surface area contributed by atoms with Gasteiger partial charge in [-0.05, 0) is 36.2 Å². The highest BCUT2D eigenvalue weighted by molar-refractivity contribution is 5.78. The van der Waals surface area contributed by atoms with Crippen molar-refractivity contribution in [3.63, 3.8) is 0 Å². The smallest absolute Gasteiger partial charge is 0.387 e. The third-order valence-electron chi connectivity index (χ3n) is 5.13. The normalized spacial score (nSPS) is 14.6. The molecule has 0 bridgehead atoms. The number of hydrogen-bond acceptors (Lipinski definition) is 5. The van der Waals surface area contributed by atoms with Crippen LogP contribution in [0.3, 0.4) is 0 Å². The summed E-state index contributed by atoms with van der Waals surface area (Å²) in [6.07, 6.45) is 0. The molecule has 1 N–H and O–H groups in total. The molecule has 0 saturated carbocycles. The Labute approximate surface area is 175 Å². The Morgan fingerprint density at radius 3 is 2.50 bits per heavy atom. The van der Waals surface area contributed by atoms with Gasteiger partial charge in [0.05, 0.1) is 13.7 Å². The molecule has 0 aliphatic carbocycles. The van der Waals surface area contributed by atoms with Crippen molar-refractivity contribution in [2.24, 2.45) is 0 Å². The minimum atomic E-state index is -2.92. The Hall–Kier alpha value is -2.87. The number of ether oxygens (including phenoxy) is 2. The quantitative estimate of drug-likeness (QED) is 0.713. The van der Waals surface area contributed by atoms with Crippen LogP contribution in [0.2, 0.25) is 0 Å². The van der Waals surface area contributed by atoms with E-state index in [1.54, 1.807) is 12.1 Å². The molecule has 0 radical (unpaired) electrons. The molecule has 1 aliphatic rings. The van der Waals surface area contributed by atoms with Crippen molar-refractivity contribution in [1.29, 1.82) is 0 Å². The van der Waals surface area contributed by atoms with Crippen LogP contribution in [-0.4, -0.2) is 57.3 Å².